The zero-order chi connectivity index (χ0) is 15.5. The van der Waals surface area contributed by atoms with Crippen LogP contribution < -0.4 is 10.1 Å². The van der Waals surface area contributed by atoms with Crippen molar-refractivity contribution >= 4 is 11.6 Å². The number of benzene rings is 1. The van der Waals surface area contributed by atoms with Gasteiger partial charge in [0, 0.05) is 23.2 Å². The van der Waals surface area contributed by atoms with E-state index < -0.39 is 0 Å². The molecule has 0 unspecified atom stereocenters. The lowest BCUT2D eigenvalue weighted by molar-refractivity contribution is 0.247. The van der Waals surface area contributed by atoms with Gasteiger partial charge in [0.1, 0.15) is 12.4 Å². The largest absolute Gasteiger partial charge is 0.485 e. The summed E-state index contributed by atoms with van der Waals surface area (Å²) in [6, 6.07) is 7.47. The van der Waals surface area contributed by atoms with E-state index in [0.717, 1.165) is 17.0 Å². The van der Waals surface area contributed by atoms with Gasteiger partial charge in [-0.15, -0.1) is 0 Å². The number of aromatic nitrogens is 1. The van der Waals surface area contributed by atoms with Crippen molar-refractivity contribution in [2.45, 2.75) is 46.4 Å². The third-order valence-electron chi connectivity index (χ3n) is 2.93. The standard InChI is InChI=1S/C16H21ClN2O2/c1-11-5-6-12(17)7-15(11)20-10-14-8-13(19-21-14)9-18-16(2,3)4/h5-8,18H,9-10H2,1-4H3. The normalized spacial score (nSPS) is 11.7. The molecule has 0 saturated carbocycles. The summed E-state index contributed by atoms with van der Waals surface area (Å²) in [6.07, 6.45) is 0. The number of aryl methyl sites for hydroxylation is 1. The van der Waals surface area contributed by atoms with Crippen molar-refractivity contribution in [3.05, 3.63) is 46.3 Å². The van der Waals surface area contributed by atoms with Crippen LogP contribution in [0.25, 0.3) is 0 Å². The van der Waals surface area contributed by atoms with Gasteiger partial charge >= 0.3 is 0 Å². The Morgan fingerprint density at radius 2 is 2.05 bits per heavy atom. The van der Waals surface area contributed by atoms with E-state index in [1.54, 1.807) is 6.07 Å². The summed E-state index contributed by atoms with van der Waals surface area (Å²) in [5.41, 5.74) is 1.95. The van der Waals surface area contributed by atoms with Crippen molar-refractivity contribution < 1.29 is 9.26 Å². The minimum absolute atomic E-state index is 0.0491. The second-order valence-electron chi connectivity index (χ2n) is 6.09. The number of rotatable bonds is 5. The lowest BCUT2D eigenvalue weighted by Crippen LogP contribution is -2.35. The second kappa shape index (κ2) is 6.50. The van der Waals surface area contributed by atoms with E-state index in [4.69, 9.17) is 20.9 Å². The van der Waals surface area contributed by atoms with Crippen molar-refractivity contribution in [1.29, 1.82) is 0 Å². The van der Waals surface area contributed by atoms with Crippen molar-refractivity contribution in [3.8, 4) is 5.75 Å². The topological polar surface area (TPSA) is 47.3 Å². The van der Waals surface area contributed by atoms with E-state index in [2.05, 4.69) is 31.2 Å². The monoisotopic (exact) mass is 308 g/mol. The maximum Gasteiger partial charge on any atom is 0.174 e. The van der Waals surface area contributed by atoms with Gasteiger partial charge in [-0.25, -0.2) is 0 Å². The van der Waals surface area contributed by atoms with Crippen LogP contribution in [0.2, 0.25) is 5.02 Å². The van der Waals surface area contributed by atoms with Crippen LogP contribution in [-0.2, 0) is 13.2 Å². The van der Waals surface area contributed by atoms with Gasteiger partial charge in [-0.1, -0.05) is 22.8 Å². The predicted octanol–water partition coefficient (Wildman–Crippen LogP) is 4.10. The van der Waals surface area contributed by atoms with Gasteiger partial charge in [-0.3, -0.25) is 0 Å². The summed E-state index contributed by atoms with van der Waals surface area (Å²) in [7, 11) is 0. The van der Waals surface area contributed by atoms with Crippen molar-refractivity contribution in [1.82, 2.24) is 10.5 Å². The first kappa shape index (κ1) is 15.9. The molecule has 114 valence electrons. The van der Waals surface area contributed by atoms with Gasteiger partial charge in [0.2, 0.25) is 0 Å². The van der Waals surface area contributed by atoms with E-state index in [0.29, 0.717) is 23.9 Å². The van der Waals surface area contributed by atoms with Crippen LogP contribution in [0, 0.1) is 6.92 Å². The number of nitrogens with zero attached hydrogens (tertiary/aromatic N) is 1. The molecule has 0 aliphatic heterocycles. The lowest BCUT2D eigenvalue weighted by atomic mass is 10.1. The highest BCUT2D eigenvalue weighted by molar-refractivity contribution is 6.30. The minimum atomic E-state index is 0.0491. The van der Waals surface area contributed by atoms with Gasteiger partial charge in [0.15, 0.2) is 5.76 Å². The first-order valence-corrected chi connectivity index (χ1v) is 7.30. The first-order chi connectivity index (χ1) is 9.83. The van der Waals surface area contributed by atoms with E-state index in [1.807, 2.05) is 25.1 Å². The molecule has 0 bridgehead atoms. The number of ether oxygens (including phenoxy) is 1. The van der Waals surface area contributed by atoms with E-state index in [1.165, 1.54) is 0 Å². The highest BCUT2D eigenvalue weighted by Crippen LogP contribution is 2.23. The molecule has 1 aromatic heterocycles. The molecule has 0 spiro atoms. The molecule has 0 amide bonds. The molecule has 0 fully saturated rings. The quantitative estimate of drug-likeness (QED) is 0.903. The Balaban J connectivity index is 1.92. The summed E-state index contributed by atoms with van der Waals surface area (Å²) in [5.74, 6) is 1.45. The fourth-order valence-electron chi connectivity index (χ4n) is 1.74. The molecule has 1 aromatic carbocycles. The smallest absolute Gasteiger partial charge is 0.174 e. The molecule has 2 rings (SSSR count). The molecule has 0 atom stereocenters. The molecular formula is C16H21ClN2O2. The third-order valence-corrected chi connectivity index (χ3v) is 3.16. The fourth-order valence-corrected chi connectivity index (χ4v) is 1.90. The van der Waals surface area contributed by atoms with Gasteiger partial charge in [0.25, 0.3) is 0 Å². The second-order valence-corrected chi connectivity index (χ2v) is 6.52. The van der Waals surface area contributed by atoms with Crippen LogP contribution in [-0.4, -0.2) is 10.7 Å². The maximum atomic E-state index is 5.96. The molecule has 4 nitrogen and oxygen atoms in total. The van der Waals surface area contributed by atoms with Crippen LogP contribution in [0.4, 0.5) is 0 Å². The predicted molar refractivity (Wildman–Crippen MR) is 83.6 cm³/mol. The van der Waals surface area contributed by atoms with Gasteiger partial charge in [-0.05, 0) is 45.4 Å². The zero-order valence-corrected chi connectivity index (χ0v) is 13.6. The maximum absolute atomic E-state index is 5.96. The van der Waals surface area contributed by atoms with Crippen LogP contribution in [0.3, 0.4) is 0 Å². The van der Waals surface area contributed by atoms with Gasteiger partial charge in [-0.2, -0.15) is 0 Å². The van der Waals surface area contributed by atoms with E-state index in [-0.39, 0.29) is 5.54 Å². The van der Waals surface area contributed by atoms with Crippen LogP contribution in [0.1, 0.15) is 37.8 Å². The molecule has 21 heavy (non-hydrogen) atoms. The van der Waals surface area contributed by atoms with Crippen LogP contribution in [0.15, 0.2) is 28.8 Å². The molecule has 1 N–H and O–H groups in total. The Morgan fingerprint density at radius 1 is 1.29 bits per heavy atom. The summed E-state index contributed by atoms with van der Waals surface area (Å²) >= 11 is 5.96. The Hall–Kier alpha value is -1.52. The highest BCUT2D eigenvalue weighted by Gasteiger charge is 2.11. The molecule has 0 saturated heterocycles. The zero-order valence-electron chi connectivity index (χ0n) is 12.9. The molecule has 5 heteroatoms. The first-order valence-electron chi connectivity index (χ1n) is 6.92. The van der Waals surface area contributed by atoms with Crippen LogP contribution >= 0.6 is 11.6 Å². The summed E-state index contributed by atoms with van der Waals surface area (Å²) in [5, 5.41) is 8.04. The molecule has 0 aliphatic rings. The van der Waals surface area contributed by atoms with Crippen molar-refractivity contribution in [2.75, 3.05) is 0 Å². The minimum Gasteiger partial charge on any atom is -0.485 e. The Kier molecular flexibility index (Phi) is 4.91. The lowest BCUT2D eigenvalue weighted by Gasteiger charge is -2.19. The summed E-state index contributed by atoms with van der Waals surface area (Å²) in [6.45, 7) is 9.31. The number of hydrogen-bond donors (Lipinski definition) is 1. The van der Waals surface area contributed by atoms with Crippen molar-refractivity contribution in [3.63, 3.8) is 0 Å². The Bertz CT molecular complexity index is 603. The summed E-state index contributed by atoms with van der Waals surface area (Å²) < 4.78 is 11.0. The molecule has 0 aliphatic carbocycles. The molecule has 0 radical (unpaired) electrons. The highest BCUT2D eigenvalue weighted by atomic mass is 35.5. The third kappa shape index (κ3) is 5.06. The molecule has 1 heterocycles. The van der Waals surface area contributed by atoms with Gasteiger partial charge in [0.05, 0.1) is 5.69 Å². The number of hydrogen-bond acceptors (Lipinski definition) is 4. The Morgan fingerprint density at radius 3 is 2.76 bits per heavy atom. The van der Waals surface area contributed by atoms with Crippen LogP contribution in [0.5, 0.6) is 5.75 Å². The van der Waals surface area contributed by atoms with Crippen molar-refractivity contribution in [2.24, 2.45) is 0 Å². The number of nitrogens with one attached hydrogen (secondary N) is 1. The average molecular weight is 309 g/mol. The van der Waals surface area contributed by atoms with Gasteiger partial charge < -0.3 is 14.6 Å². The van der Waals surface area contributed by atoms with E-state index in [9.17, 15) is 0 Å². The van der Waals surface area contributed by atoms with E-state index >= 15 is 0 Å². The molecular weight excluding hydrogens is 288 g/mol. The Labute approximate surface area is 130 Å². The fraction of sp³-hybridized carbons (Fsp3) is 0.438. The molecule has 2 aromatic rings. The summed E-state index contributed by atoms with van der Waals surface area (Å²) in [4.78, 5) is 0. The SMILES string of the molecule is Cc1ccc(Cl)cc1OCc1cc(CNC(C)(C)C)no1. The average Bonchev–Trinajstić information content (AvgIpc) is 2.85. The number of halogens is 1.